The Morgan fingerprint density at radius 3 is 2.29 bits per heavy atom. The van der Waals surface area contributed by atoms with Gasteiger partial charge >= 0.3 is 6.03 Å². The first-order chi connectivity index (χ1) is 6.61. The van der Waals surface area contributed by atoms with E-state index in [4.69, 9.17) is 16.9 Å². The molecule has 0 atom stereocenters. The molecule has 74 valence electrons. The van der Waals surface area contributed by atoms with Crippen LogP contribution >= 0.6 is 0 Å². The molecular formula is C9H12N4O. The maximum atomic E-state index is 10.9. The lowest BCUT2D eigenvalue weighted by atomic mass is 10.2. The molecule has 5 N–H and O–H groups in total. The molecule has 1 aromatic carbocycles. The third kappa shape index (κ3) is 2.48. The van der Waals surface area contributed by atoms with E-state index in [0.29, 0.717) is 0 Å². The molecule has 5 heteroatoms. The summed E-state index contributed by atoms with van der Waals surface area (Å²) in [5.41, 5.74) is 11.1. The van der Waals surface area contributed by atoms with Crippen LogP contribution in [0.15, 0.2) is 30.3 Å². The molecule has 0 fully saturated rings. The summed E-state index contributed by atoms with van der Waals surface area (Å²) in [5.74, 6) is -0.346. The smallest absolute Gasteiger partial charge is 0.321 e. The molecule has 5 nitrogen and oxygen atoms in total. The minimum atomic E-state index is -0.721. The van der Waals surface area contributed by atoms with Crippen LogP contribution in [0.4, 0.5) is 4.79 Å². The van der Waals surface area contributed by atoms with E-state index in [1.54, 1.807) is 0 Å². The molecule has 0 aliphatic carbocycles. The van der Waals surface area contributed by atoms with Crippen molar-refractivity contribution in [2.75, 3.05) is 0 Å². The Morgan fingerprint density at radius 1 is 1.29 bits per heavy atom. The number of amides is 2. The zero-order valence-corrected chi connectivity index (χ0v) is 7.60. The molecule has 2 amide bonds. The minimum Gasteiger partial charge on any atom is -0.370 e. The molecule has 0 aromatic heterocycles. The topological polar surface area (TPSA) is 96.2 Å². The number of hydrogen-bond acceptors (Lipinski definition) is 2. The summed E-state index contributed by atoms with van der Waals surface area (Å²) in [7, 11) is 0. The van der Waals surface area contributed by atoms with E-state index >= 15 is 0 Å². The number of urea groups is 1. The van der Waals surface area contributed by atoms with Gasteiger partial charge < -0.3 is 11.5 Å². The van der Waals surface area contributed by atoms with E-state index in [1.165, 1.54) is 0 Å². The first kappa shape index (κ1) is 10.0. The molecule has 1 aromatic rings. The Kier molecular flexibility index (Phi) is 3.06. The van der Waals surface area contributed by atoms with E-state index in [1.807, 2.05) is 30.3 Å². The quantitative estimate of drug-likeness (QED) is 0.468. The van der Waals surface area contributed by atoms with E-state index < -0.39 is 6.03 Å². The van der Waals surface area contributed by atoms with Crippen LogP contribution in [-0.4, -0.2) is 16.9 Å². The number of benzene rings is 1. The normalized spacial score (nSPS) is 9.43. The molecule has 0 aliphatic rings. The van der Waals surface area contributed by atoms with Gasteiger partial charge in [0.2, 0.25) is 0 Å². The van der Waals surface area contributed by atoms with E-state index in [-0.39, 0.29) is 12.5 Å². The number of nitrogens with zero attached hydrogens (tertiary/aromatic N) is 1. The van der Waals surface area contributed by atoms with Crippen molar-refractivity contribution in [1.29, 1.82) is 5.41 Å². The minimum absolute atomic E-state index is 0.228. The Hall–Kier alpha value is -2.04. The van der Waals surface area contributed by atoms with Crippen LogP contribution in [0.5, 0.6) is 0 Å². The summed E-state index contributed by atoms with van der Waals surface area (Å²) < 4.78 is 0. The van der Waals surface area contributed by atoms with Gasteiger partial charge in [-0.3, -0.25) is 10.3 Å². The molecule has 0 saturated carbocycles. The van der Waals surface area contributed by atoms with Crippen molar-refractivity contribution in [3.05, 3.63) is 35.9 Å². The van der Waals surface area contributed by atoms with Gasteiger partial charge in [-0.15, -0.1) is 0 Å². The second-order valence-corrected chi connectivity index (χ2v) is 2.80. The number of nitrogens with one attached hydrogen (secondary N) is 1. The van der Waals surface area contributed by atoms with E-state index in [9.17, 15) is 4.79 Å². The van der Waals surface area contributed by atoms with Crippen molar-refractivity contribution >= 4 is 12.0 Å². The predicted octanol–water partition coefficient (Wildman–Crippen LogP) is 0.461. The van der Waals surface area contributed by atoms with Gasteiger partial charge in [-0.1, -0.05) is 30.3 Å². The first-order valence-corrected chi connectivity index (χ1v) is 4.06. The monoisotopic (exact) mass is 192 g/mol. The van der Waals surface area contributed by atoms with Gasteiger partial charge in [0, 0.05) is 0 Å². The van der Waals surface area contributed by atoms with Gasteiger partial charge in [0.15, 0.2) is 5.96 Å². The summed E-state index contributed by atoms with van der Waals surface area (Å²) in [6, 6.07) is 8.49. The molecular weight excluding hydrogens is 180 g/mol. The van der Waals surface area contributed by atoms with Crippen LogP contribution in [0.1, 0.15) is 5.56 Å². The molecule has 0 bridgehead atoms. The predicted molar refractivity (Wildman–Crippen MR) is 53.5 cm³/mol. The third-order valence-electron chi connectivity index (χ3n) is 1.74. The Morgan fingerprint density at radius 2 is 1.86 bits per heavy atom. The Balaban J connectivity index is 2.75. The molecule has 0 aliphatic heterocycles. The largest absolute Gasteiger partial charge is 0.370 e. The average Bonchev–Trinajstić information content (AvgIpc) is 2.15. The summed E-state index contributed by atoms with van der Waals surface area (Å²) >= 11 is 0. The van der Waals surface area contributed by atoms with Gasteiger partial charge in [-0.05, 0) is 5.56 Å². The van der Waals surface area contributed by atoms with Gasteiger partial charge in [0.05, 0.1) is 6.54 Å². The summed E-state index contributed by atoms with van der Waals surface area (Å²) in [6.45, 7) is 0.228. The van der Waals surface area contributed by atoms with Gasteiger partial charge in [0.25, 0.3) is 0 Å². The molecule has 0 unspecified atom stereocenters. The number of rotatable bonds is 2. The third-order valence-corrected chi connectivity index (χ3v) is 1.74. The van der Waals surface area contributed by atoms with Crippen molar-refractivity contribution in [1.82, 2.24) is 4.90 Å². The Bertz CT molecular complexity index is 322. The van der Waals surface area contributed by atoms with Crippen LogP contribution in [0.25, 0.3) is 0 Å². The lowest BCUT2D eigenvalue weighted by molar-refractivity contribution is 0.228. The maximum Gasteiger partial charge on any atom is 0.321 e. The maximum absolute atomic E-state index is 10.9. The van der Waals surface area contributed by atoms with Crippen molar-refractivity contribution in [3.8, 4) is 0 Å². The fourth-order valence-corrected chi connectivity index (χ4v) is 1.05. The number of carbonyl (C=O) groups is 1. The lowest BCUT2D eigenvalue weighted by Gasteiger charge is -2.17. The first-order valence-electron chi connectivity index (χ1n) is 4.06. The van der Waals surface area contributed by atoms with Gasteiger partial charge in [-0.2, -0.15) is 0 Å². The van der Waals surface area contributed by atoms with Crippen LogP contribution in [0, 0.1) is 5.41 Å². The Labute approximate surface area is 81.8 Å². The second kappa shape index (κ2) is 4.27. The molecule has 0 spiro atoms. The summed E-state index contributed by atoms with van der Waals surface area (Å²) in [5, 5.41) is 7.13. The number of primary amides is 1. The van der Waals surface area contributed by atoms with Crippen molar-refractivity contribution in [3.63, 3.8) is 0 Å². The van der Waals surface area contributed by atoms with Crippen molar-refractivity contribution in [2.45, 2.75) is 6.54 Å². The highest BCUT2D eigenvalue weighted by molar-refractivity contribution is 5.92. The van der Waals surface area contributed by atoms with Crippen LogP contribution in [-0.2, 0) is 6.54 Å². The number of guanidine groups is 1. The van der Waals surface area contributed by atoms with Gasteiger partial charge in [-0.25, -0.2) is 4.79 Å². The highest BCUT2D eigenvalue weighted by Gasteiger charge is 2.12. The van der Waals surface area contributed by atoms with Crippen molar-refractivity contribution < 1.29 is 4.79 Å². The lowest BCUT2D eigenvalue weighted by Crippen LogP contribution is -2.43. The molecule has 0 saturated heterocycles. The molecule has 0 radical (unpaired) electrons. The zero-order chi connectivity index (χ0) is 10.6. The average molecular weight is 192 g/mol. The summed E-state index contributed by atoms with van der Waals surface area (Å²) in [6.07, 6.45) is 0. The SMILES string of the molecule is N=C(N)N(Cc1ccccc1)C(N)=O. The molecule has 14 heavy (non-hydrogen) atoms. The summed E-state index contributed by atoms with van der Waals surface area (Å²) in [4.78, 5) is 11.9. The second-order valence-electron chi connectivity index (χ2n) is 2.80. The number of carbonyl (C=O) groups excluding carboxylic acids is 1. The van der Waals surface area contributed by atoms with Crippen molar-refractivity contribution in [2.24, 2.45) is 11.5 Å². The fraction of sp³-hybridized carbons (Fsp3) is 0.111. The van der Waals surface area contributed by atoms with Gasteiger partial charge in [0.1, 0.15) is 0 Å². The van der Waals surface area contributed by atoms with Crippen LogP contribution in [0.3, 0.4) is 0 Å². The zero-order valence-electron chi connectivity index (χ0n) is 7.60. The number of nitrogens with two attached hydrogens (primary N) is 2. The van der Waals surface area contributed by atoms with Crippen LogP contribution in [0.2, 0.25) is 0 Å². The standard InChI is InChI=1S/C9H12N4O/c10-8(11)13(9(12)14)6-7-4-2-1-3-5-7/h1-5H,6H2,(H3,10,11)(H2,12,14). The highest BCUT2D eigenvalue weighted by atomic mass is 16.2. The highest BCUT2D eigenvalue weighted by Crippen LogP contribution is 2.03. The number of hydrogen-bond donors (Lipinski definition) is 3. The van der Waals surface area contributed by atoms with E-state index in [0.717, 1.165) is 10.5 Å². The fourth-order valence-electron chi connectivity index (χ4n) is 1.05. The van der Waals surface area contributed by atoms with E-state index in [2.05, 4.69) is 0 Å². The van der Waals surface area contributed by atoms with Crippen LogP contribution < -0.4 is 11.5 Å². The molecule has 0 heterocycles. The molecule has 1 rings (SSSR count).